The van der Waals surface area contributed by atoms with E-state index >= 15 is 0 Å². The van der Waals surface area contributed by atoms with Crippen LogP contribution >= 0.6 is 0 Å². The molecule has 0 N–H and O–H groups in total. The molecule has 0 aromatic rings. The van der Waals surface area contributed by atoms with Crippen molar-refractivity contribution in [3.05, 3.63) is 0 Å². The first-order valence-electron chi connectivity index (χ1n) is 5.02. The molecule has 0 heterocycles. The number of carbonyl (C=O) groups excluding carboxylic acids is 1. The minimum absolute atomic E-state index is 0.374. The molecule has 1 aliphatic rings. The zero-order chi connectivity index (χ0) is 9.19. The Morgan fingerprint density at radius 3 is 2.67 bits per heavy atom. The van der Waals surface area contributed by atoms with Gasteiger partial charge in [0.15, 0.2) is 0 Å². The summed E-state index contributed by atoms with van der Waals surface area (Å²) in [5.41, 5.74) is 0.374. The molecule has 0 bridgehead atoms. The van der Waals surface area contributed by atoms with Crippen molar-refractivity contribution in [2.24, 2.45) is 17.3 Å². The SMILES string of the molecule is C[C@@H]1CCC[C@H](CC=O)C1(C)C. The van der Waals surface area contributed by atoms with Crippen LogP contribution < -0.4 is 0 Å². The van der Waals surface area contributed by atoms with Crippen molar-refractivity contribution in [3.63, 3.8) is 0 Å². The number of hydrogen-bond acceptors (Lipinski definition) is 1. The van der Waals surface area contributed by atoms with Crippen LogP contribution in [0.2, 0.25) is 0 Å². The Balaban J connectivity index is 2.65. The Hall–Kier alpha value is -0.330. The molecule has 0 aromatic carbocycles. The summed E-state index contributed by atoms with van der Waals surface area (Å²) in [6.45, 7) is 6.94. The predicted octanol–water partition coefficient (Wildman–Crippen LogP) is 3.04. The van der Waals surface area contributed by atoms with Gasteiger partial charge in [0.2, 0.25) is 0 Å². The Morgan fingerprint density at radius 2 is 2.08 bits per heavy atom. The summed E-state index contributed by atoms with van der Waals surface area (Å²) in [5, 5.41) is 0. The second-order valence-corrected chi connectivity index (χ2v) is 4.75. The number of carbonyl (C=O) groups is 1. The van der Waals surface area contributed by atoms with Crippen LogP contribution in [0.25, 0.3) is 0 Å². The second-order valence-electron chi connectivity index (χ2n) is 4.75. The highest BCUT2D eigenvalue weighted by molar-refractivity contribution is 5.50. The van der Waals surface area contributed by atoms with Crippen molar-refractivity contribution >= 4 is 6.29 Å². The lowest BCUT2D eigenvalue weighted by molar-refractivity contribution is -0.110. The largest absolute Gasteiger partial charge is 0.303 e. The quantitative estimate of drug-likeness (QED) is 0.579. The third-order valence-electron chi connectivity index (χ3n) is 3.89. The van der Waals surface area contributed by atoms with Crippen molar-refractivity contribution < 1.29 is 4.79 Å². The molecule has 0 radical (unpaired) electrons. The fourth-order valence-electron chi connectivity index (χ4n) is 2.35. The van der Waals surface area contributed by atoms with Gasteiger partial charge in [-0.15, -0.1) is 0 Å². The zero-order valence-electron chi connectivity index (χ0n) is 8.47. The zero-order valence-corrected chi connectivity index (χ0v) is 8.47. The van der Waals surface area contributed by atoms with Crippen LogP contribution in [0.15, 0.2) is 0 Å². The van der Waals surface area contributed by atoms with E-state index in [1.807, 2.05) is 0 Å². The molecule has 70 valence electrons. The molecule has 0 saturated heterocycles. The number of rotatable bonds is 2. The molecular weight excluding hydrogens is 148 g/mol. The van der Waals surface area contributed by atoms with E-state index in [1.165, 1.54) is 19.3 Å². The van der Waals surface area contributed by atoms with E-state index in [1.54, 1.807) is 0 Å². The van der Waals surface area contributed by atoms with Gasteiger partial charge in [-0.1, -0.05) is 33.6 Å². The number of hydrogen-bond donors (Lipinski definition) is 0. The van der Waals surface area contributed by atoms with Gasteiger partial charge in [-0.2, -0.15) is 0 Å². The van der Waals surface area contributed by atoms with Gasteiger partial charge in [0, 0.05) is 6.42 Å². The Bertz CT molecular complexity index is 160. The third kappa shape index (κ3) is 1.70. The van der Waals surface area contributed by atoms with E-state index in [-0.39, 0.29) is 0 Å². The van der Waals surface area contributed by atoms with E-state index < -0.39 is 0 Å². The minimum atomic E-state index is 0.374. The van der Waals surface area contributed by atoms with Crippen LogP contribution in [0.3, 0.4) is 0 Å². The smallest absolute Gasteiger partial charge is 0.120 e. The van der Waals surface area contributed by atoms with Crippen molar-refractivity contribution in [3.8, 4) is 0 Å². The molecule has 0 unspecified atom stereocenters. The van der Waals surface area contributed by atoms with Crippen molar-refractivity contribution in [2.45, 2.75) is 46.5 Å². The van der Waals surface area contributed by atoms with Gasteiger partial charge < -0.3 is 4.79 Å². The van der Waals surface area contributed by atoms with Gasteiger partial charge in [-0.05, 0) is 23.7 Å². The van der Waals surface area contributed by atoms with Gasteiger partial charge in [0.25, 0.3) is 0 Å². The molecule has 1 fully saturated rings. The van der Waals surface area contributed by atoms with Crippen LogP contribution in [-0.4, -0.2) is 6.29 Å². The maximum absolute atomic E-state index is 10.5. The molecule has 1 saturated carbocycles. The molecular formula is C11H20O. The maximum atomic E-state index is 10.5. The second kappa shape index (κ2) is 3.59. The van der Waals surface area contributed by atoms with Crippen molar-refractivity contribution in [1.29, 1.82) is 0 Å². The molecule has 1 aliphatic carbocycles. The first-order valence-corrected chi connectivity index (χ1v) is 5.02. The summed E-state index contributed by atoms with van der Waals surface area (Å²) >= 11 is 0. The monoisotopic (exact) mass is 168 g/mol. The average molecular weight is 168 g/mol. The van der Waals surface area contributed by atoms with E-state index in [0.29, 0.717) is 11.3 Å². The fourth-order valence-corrected chi connectivity index (χ4v) is 2.35. The van der Waals surface area contributed by atoms with E-state index in [0.717, 1.165) is 18.6 Å². The molecule has 0 aliphatic heterocycles. The van der Waals surface area contributed by atoms with Crippen LogP contribution in [0, 0.1) is 17.3 Å². The summed E-state index contributed by atoms with van der Waals surface area (Å²) in [4.78, 5) is 10.5. The normalized spacial score (nSPS) is 34.6. The van der Waals surface area contributed by atoms with Crippen LogP contribution in [0.4, 0.5) is 0 Å². The summed E-state index contributed by atoms with van der Waals surface area (Å²) in [7, 11) is 0. The lowest BCUT2D eigenvalue weighted by Gasteiger charge is -2.43. The summed E-state index contributed by atoms with van der Waals surface area (Å²) in [6, 6.07) is 0. The van der Waals surface area contributed by atoms with E-state index in [9.17, 15) is 4.79 Å². The molecule has 12 heavy (non-hydrogen) atoms. The summed E-state index contributed by atoms with van der Waals surface area (Å²) < 4.78 is 0. The summed E-state index contributed by atoms with van der Waals surface area (Å²) in [6.07, 6.45) is 5.74. The summed E-state index contributed by atoms with van der Waals surface area (Å²) in [5.74, 6) is 1.40. The maximum Gasteiger partial charge on any atom is 0.120 e. The molecule has 0 spiro atoms. The van der Waals surface area contributed by atoms with Crippen LogP contribution in [0.5, 0.6) is 0 Å². The molecule has 0 amide bonds. The van der Waals surface area contributed by atoms with Gasteiger partial charge in [-0.3, -0.25) is 0 Å². The first-order chi connectivity index (χ1) is 5.59. The molecule has 1 rings (SSSR count). The molecule has 0 aromatic heterocycles. The highest BCUT2D eigenvalue weighted by atomic mass is 16.1. The minimum Gasteiger partial charge on any atom is -0.303 e. The fraction of sp³-hybridized carbons (Fsp3) is 0.909. The third-order valence-corrected chi connectivity index (χ3v) is 3.89. The van der Waals surface area contributed by atoms with E-state index in [2.05, 4.69) is 20.8 Å². The predicted molar refractivity (Wildman–Crippen MR) is 51.0 cm³/mol. The van der Waals surface area contributed by atoms with Gasteiger partial charge >= 0.3 is 0 Å². The lowest BCUT2D eigenvalue weighted by Crippen LogP contribution is -2.35. The lowest BCUT2D eigenvalue weighted by atomic mass is 9.62. The van der Waals surface area contributed by atoms with Crippen molar-refractivity contribution in [1.82, 2.24) is 0 Å². The Kier molecular flexibility index (Phi) is 2.92. The molecule has 1 heteroatoms. The number of aldehydes is 1. The average Bonchev–Trinajstić information content (AvgIpc) is 2.00. The van der Waals surface area contributed by atoms with Crippen LogP contribution in [-0.2, 0) is 4.79 Å². The molecule has 1 nitrogen and oxygen atoms in total. The Labute approximate surface area is 75.5 Å². The highest BCUT2D eigenvalue weighted by Gasteiger charge is 2.36. The van der Waals surface area contributed by atoms with Gasteiger partial charge in [0.1, 0.15) is 6.29 Å². The molecule has 2 atom stereocenters. The standard InChI is InChI=1S/C11H20O/c1-9-5-4-6-10(7-8-12)11(9,2)3/h8-10H,4-7H2,1-3H3/t9-,10-/m1/s1. The topological polar surface area (TPSA) is 17.1 Å². The van der Waals surface area contributed by atoms with Crippen LogP contribution in [0.1, 0.15) is 46.5 Å². The first kappa shape index (κ1) is 9.76. The van der Waals surface area contributed by atoms with Gasteiger partial charge in [0.05, 0.1) is 0 Å². The van der Waals surface area contributed by atoms with Crippen molar-refractivity contribution in [2.75, 3.05) is 0 Å². The Morgan fingerprint density at radius 1 is 1.42 bits per heavy atom. The van der Waals surface area contributed by atoms with E-state index in [4.69, 9.17) is 0 Å². The highest BCUT2D eigenvalue weighted by Crippen LogP contribution is 2.45. The van der Waals surface area contributed by atoms with Gasteiger partial charge in [-0.25, -0.2) is 0 Å².